The summed E-state index contributed by atoms with van der Waals surface area (Å²) >= 11 is 0. The van der Waals surface area contributed by atoms with Gasteiger partial charge in [0.25, 0.3) is 0 Å². The second kappa shape index (κ2) is 5.42. The summed E-state index contributed by atoms with van der Waals surface area (Å²) in [4.78, 5) is 0. The van der Waals surface area contributed by atoms with Crippen LogP contribution in [0.15, 0.2) is 18.2 Å². The van der Waals surface area contributed by atoms with Crippen LogP contribution in [0.5, 0.6) is 0 Å². The van der Waals surface area contributed by atoms with Gasteiger partial charge in [-0.15, -0.1) is 0 Å². The van der Waals surface area contributed by atoms with Gasteiger partial charge in [0.15, 0.2) is 0 Å². The lowest BCUT2D eigenvalue weighted by Crippen LogP contribution is -2.32. The maximum atomic E-state index is 13.1. The monoisotopic (exact) mass is 255 g/mol. The number of rotatable bonds is 4. The minimum Gasteiger partial charge on any atom is -0.387 e. The highest BCUT2D eigenvalue weighted by atomic mass is 19.4. The zero-order valence-corrected chi connectivity index (χ0v) is 8.56. The van der Waals surface area contributed by atoms with Crippen LogP contribution in [0.25, 0.3) is 0 Å². The van der Waals surface area contributed by atoms with Crippen molar-refractivity contribution >= 4 is 0 Å². The van der Waals surface area contributed by atoms with Crippen LogP contribution in [-0.2, 0) is 0 Å². The smallest absolute Gasteiger partial charge is 0.387 e. The van der Waals surface area contributed by atoms with Gasteiger partial charge in [-0.1, -0.05) is 6.07 Å². The van der Waals surface area contributed by atoms with E-state index in [2.05, 4.69) is 0 Å². The molecule has 0 amide bonds. The minimum atomic E-state index is -4.44. The summed E-state index contributed by atoms with van der Waals surface area (Å²) < 4.78 is 61.5. The molecule has 96 valence electrons. The van der Waals surface area contributed by atoms with Gasteiger partial charge in [0.1, 0.15) is 11.6 Å². The van der Waals surface area contributed by atoms with Crippen LogP contribution in [0.2, 0.25) is 0 Å². The number of aliphatic hydroxyl groups is 1. The number of aliphatic hydroxyl groups excluding tert-OH is 1. The number of nitrogens with one attached hydrogen (secondary N) is 1. The van der Waals surface area contributed by atoms with Crippen molar-refractivity contribution in [3.05, 3.63) is 35.4 Å². The Kier molecular flexibility index (Phi) is 4.41. The second-order valence-electron chi connectivity index (χ2n) is 3.40. The summed E-state index contributed by atoms with van der Waals surface area (Å²) in [5, 5.41) is 11.2. The second-order valence-corrected chi connectivity index (χ2v) is 3.40. The van der Waals surface area contributed by atoms with E-state index in [1.165, 1.54) is 0 Å². The van der Waals surface area contributed by atoms with Crippen molar-refractivity contribution in [1.82, 2.24) is 5.32 Å². The van der Waals surface area contributed by atoms with Crippen molar-refractivity contribution in [2.45, 2.75) is 12.3 Å². The lowest BCUT2D eigenvalue weighted by atomic mass is 10.1. The first-order chi connectivity index (χ1) is 7.81. The fourth-order valence-electron chi connectivity index (χ4n) is 1.28. The Morgan fingerprint density at radius 3 is 2.18 bits per heavy atom. The van der Waals surface area contributed by atoms with Crippen LogP contribution >= 0.6 is 0 Å². The molecule has 7 heteroatoms. The SMILES string of the molecule is OC(CNCC(F)(F)F)c1c(F)cccc1F. The molecule has 1 rings (SSSR count). The molecule has 0 saturated carbocycles. The van der Waals surface area contributed by atoms with Crippen LogP contribution in [0.4, 0.5) is 22.0 Å². The van der Waals surface area contributed by atoms with E-state index >= 15 is 0 Å². The molecular weight excluding hydrogens is 245 g/mol. The predicted molar refractivity (Wildman–Crippen MR) is 50.2 cm³/mol. The molecule has 1 unspecified atom stereocenters. The molecule has 0 bridgehead atoms. The molecular formula is C10H10F5NO. The van der Waals surface area contributed by atoms with E-state index in [0.717, 1.165) is 18.2 Å². The summed E-state index contributed by atoms with van der Waals surface area (Å²) in [6.45, 7) is -1.92. The first-order valence-corrected chi connectivity index (χ1v) is 4.70. The van der Waals surface area contributed by atoms with Crippen LogP contribution in [0.3, 0.4) is 0 Å². The molecule has 0 aliphatic heterocycles. The molecule has 2 nitrogen and oxygen atoms in total. The zero-order valence-electron chi connectivity index (χ0n) is 8.56. The fraction of sp³-hybridized carbons (Fsp3) is 0.400. The Bertz CT molecular complexity index is 359. The third-order valence-corrected chi connectivity index (χ3v) is 2.00. The summed E-state index contributed by atoms with van der Waals surface area (Å²) in [7, 11) is 0. The standard InChI is InChI=1S/C10H10F5NO/c11-6-2-1-3-7(12)9(6)8(17)4-16-5-10(13,14)15/h1-3,8,16-17H,4-5H2. The number of alkyl halides is 3. The number of benzene rings is 1. The van der Waals surface area contributed by atoms with E-state index in [1.807, 2.05) is 5.32 Å². The molecule has 0 aliphatic carbocycles. The molecule has 1 aromatic rings. The van der Waals surface area contributed by atoms with Gasteiger partial charge in [0, 0.05) is 6.54 Å². The van der Waals surface area contributed by atoms with E-state index in [0.29, 0.717) is 0 Å². The van der Waals surface area contributed by atoms with E-state index < -0.39 is 42.6 Å². The Balaban J connectivity index is 2.61. The predicted octanol–water partition coefficient (Wildman–Crippen LogP) is 2.15. The average molecular weight is 255 g/mol. The molecule has 1 atom stereocenters. The highest BCUT2D eigenvalue weighted by Gasteiger charge is 2.27. The van der Waals surface area contributed by atoms with Crippen molar-refractivity contribution in [3.8, 4) is 0 Å². The minimum absolute atomic E-state index is 0.586. The molecule has 0 saturated heterocycles. The molecule has 0 aliphatic rings. The van der Waals surface area contributed by atoms with E-state index in [4.69, 9.17) is 0 Å². The van der Waals surface area contributed by atoms with Gasteiger partial charge >= 0.3 is 6.18 Å². The third-order valence-electron chi connectivity index (χ3n) is 2.00. The lowest BCUT2D eigenvalue weighted by molar-refractivity contribution is -0.125. The van der Waals surface area contributed by atoms with Gasteiger partial charge in [-0.3, -0.25) is 0 Å². The highest BCUT2D eigenvalue weighted by molar-refractivity contribution is 5.22. The summed E-state index contributed by atoms with van der Waals surface area (Å²) in [5.74, 6) is -1.99. The average Bonchev–Trinajstić information content (AvgIpc) is 2.15. The summed E-state index contributed by atoms with van der Waals surface area (Å²) in [6, 6.07) is 2.95. The van der Waals surface area contributed by atoms with E-state index in [-0.39, 0.29) is 0 Å². The zero-order chi connectivity index (χ0) is 13.1. The molecule has 2 N–H and O–H groups in total. The largest absolute Gasteiger partial charge is 0.401 e. The summed E-state index contributed by atoms with van der Waals surface area (Å²) in [5.41, 5.74) is -0.637. The summed E-state index contributed by atoms with van der Waals surface area (Å²) in [6.07, 6.45) is -6.11. The third kappa shape index (κ3) is 4.27. The van der Waals surface area contributed by atoms with Gasteiger partial charge in [-0.2, -0.15) is 13.2 Å². The van der Waals surface area contributed by atoms with Gasteiger partial charge in [-0.25, -0.2) is 8.78 Å². The van der Waals surface area contributed by atoms with Crippen molar-refractivity contribution < 1.29 is 27.1 Å². The van der Waals surface area contributed by atoms with Crippen molar-refractivity contribution in [1.29, 1.82) is 0 Å². The topological polar surface area (TPSA) is 32.3 Å². The Hall–Kier alpha value is -1.21. The molecule has 0 spiro atoms. The van der Waals surface area contributed by atoms with Gasteiger partial charge < -0.3 is 10.4 Å². The van der Waals surface area contributed by atoms with Gasteiger partial charge in [0.05, 0.1) is 18.2 Å². The van der Waals surface area contributed by atoms with Gasteiger partial charge in [-0.05, 0) is 12.1 Å². The molecule has 0 radical (unpaired) electrons. The first kappa shape index (κ1) is 13.9. The van der Waals surface area contributed by atoms with Crippen LogP contribution in [-0.4, -0.2) is 24.4 Å². The Morgan fingerprint density at radius 2 is 1.71 bits per heavy atom. The van der Waals surface area contributed by atoms with Gasteiger partial charge in [0.2, 0.25) is 0 Å². The van der Waals surface area contributed by atoms with Crippen LogP contribution in [0, 0.1) is 11.6 Å². The van der Waals surface area contributed by atoms with Crippen molar-refractivity contribution in [3.63, 3.8) is 0 Å². The van der Waals surface area contributed by atoms with E-state index in [9.17, 15) is 27.1 Å². The molecule has 0 heterocycles. The molecule has 17 heavy (non-hydrogen) atoms. The normalized spacial score (nSPS) is 13.8. The maximum Gasteiger partial charge on any atom is 0.401 e. The first-order valence-electron chi connectivity index (χ1n) is 4.70. The fourth-order valence-corrected chi connectivity index (χ4v) is 1.28. The van der Waals surface area contributed by atoms with Crippen LogP contribution < -0.4 is 5.32 Å². The Morgan fingerprint density at radius 1 is 1.18 bits per heavy atom. The van der Waals surface area contributed by atoms with Crippen LogP contribution in [0.1, 0.15) is 11.7 Å². The number of halogens is 5. The maximum absolute atomic E-state index is 13.1. The quantitative estimate of drug-likeness (QED) is 0.808. The van der Waals surface area contributed by atoms with E-state index in [1.54, 1.807) is 0 Å². The van der Waals surface area contributed by atoms with Crippen molar-refractivity contribution in [2.24, 2.45) is 0 Å². The number of hydrogen-bond acceptors (Lipinski definition) is 2. The van der Waals surface area contributed by atoms with Crippen molar-refractivity contribution in [2.75, 3.05) is 13.1 Å². The highest BCUT2D eigenvalue weighted by Crippen LogP contribution is 2.20. The molecule has 1 aromatic carbocycles. The number of hydrogen-bond donors (Lipinski definition) is 2. The molecule has 0 fully saturated rings. The molecule has 0 aromatic heterocycles. The lowest BCUT2D eigenvalue weighted by Gasteiger charge is -2.14. The Labute approximate surface area is 94.1 Å².